The maximum atomic E-state index is 11.3. The van der Waals surface area contributed by atoms with E-state index >= 15 is 0 Å². The van der Waals surface area contributed by atoms with Crippen molar-refractivity contribution in [2.24, 2.45) is 0 Å². The van der Waals surface area contributed by atoms with Crippen LogP contribution in [0.15, 0.2) is 23.5 Å². The standard InChI is InChI=1S/C8H8N4O/c1-9-7-6-5(2-10-4-12-6)3-11-8(7)13/h2-4,9H,1H3,(H,11,13). The van der Waals surface area contributed by atoms with E-state index in [1.807, 2.05) is 0 Å². The molecule has 2 heterocycles. The van der Waals surface area contributed by atoms with E-state index in [4.69, 9.17) is 0 Å². The number of fused-ring (bicyclic) bond motifs is 1. The summed E-state index contributed by atoms with van der Waals surface area (Å²) in [5.41, 5.74) is 0.940. The van der Waals surface area contributed by atoms with Gasteiger partial charge < -0.3 is 10.3 Å². The molecule has 0 aromatic carbocycles. The van der Waals surface area contributed by atoms with Crippen LogP contribution in [-0.2, 0) is 0 Å². The molecule has 0 radical (unpaired) electrons. The Labute approximate surface area is 73.8 Å². The minimum atomic E-state index is -0.172. The Bertz CT molecular complexity index is 491. The molecule has 0 aliphatic heterocycles. The van der Waals surface area contributed by atoms with Gasteiger partial charge in [0, 0.05) is 24.8 Å². The van der Waals surface area contributed by atoms with Crippen LogP contribution in [-0.4, -0.2) is 22.0 Å². The number of pyridine rings is 1. The van der Waals surface area contributed by atoms with Gasteiger partial charge in [-0.1, -0.05) is 0 Å². The lowest BCUT2D eigenvalue weighted by Gasteiger charge is -2.01. The fraction of sp³-hybridized carbons (Fsp3) is 0.125. The maximum Gasteiger partial charge on any atom is 0.273 e. The Hall–Kier alpha value is -1.91. The molecular weight excluding hydrogens is 168 g/mol. The predicted octanol–water partition coefficient (Wildman–Crippen LogP) is 0.360. The van der Waals surface area contributed by atoms with Gasteiger partial charge in [0.1, 0.15) is 17.5 Å². The molecule has 2 rings (SSSR count). The molecule has 0 saturated heterocycles. The summed E-state index contributed by atoms with van der Waals surface area (Å²) < 4.78 is 0. The van der Waals surface area contributed by atoms with Crippen molar-refractivity contribution in [3.05, 3.63) is 29.1 Å². The van der Waals surface area contributed by atoms with Gasteiger partial charge in [0.2, 0.25) is 0 Å². The highest BCUT2D eigenvalue weighted by Gasteiger charge is 2.03. The number of H-pyrrole nitrogens is 1. The second-order valence-electron chi connectivity index (χ2n) is 2.57. The largest absolute Gasteiger partial charge is 0.382 e. The highest BCUT2D eigenvalue weighted by molar-refractivity contribution is 5.88. The summed E-state index contributed by atoms with van der Waals surface area (Å²) in [6.45, 7) is 0. The van der Waals surface area contributed by atoms with E-state index in [1.165, 1.54) is 6.33 Å². The van der Waals surface area contributed by atoms with Crippen LogP contribution < -0.4 is 10.9 Å². The zero-order chi connectivity index (χ0) is 9.26. The highest BCUT2D eigenvalue weighted by Crippen LogP contribution is 2.12. The summed E-state index contributed by atoms with van der Waals surface area (Å²) in [4.78, 5) is 21.8. The van der Waals surface area contributed by atoms with Gasteiger partial charge in [0.25, 0.3) is 5.56 Å². The third-order valence-electron chi connectivity index (χ3n) is 1.81. The summed E-state index contributed by atoms with van der Waals surface area (Å²) in [6.07, 6.45) is 4.67. The number of hydrogen-bond acceptors (Lipinski definition) is 4. The van der Waals surface area contributed by atoms with E-state index in [0.29, 0.717) is 11.2 Å². The van der Waals surface area contributed by atoms with Crippen molar-refractivity contribution in [1.29, 1.82) is 0 Å². The quantitative estimate of drug-likeness (QED) is 0.658. The fourth-order valence-electron chi connectivity index (χ4n) is 1.21. The topological polar surface area (TPSA) is 70.7 Å². The van der Waals surface area contributed by atoms with Gasteiger partial charge in [0.15, 0.2) is 0 Å². The maximum absolute atomic E-state index is 11.3. The normalized spacial score (nSPS) is 10.2. The number of nitrogens with zero attached hydrogens (tertiary/aromatic N) is 2. The molecule has 66 valence electrons. The van der Waals surface area contributed by atoms with Gasteiger partial charge in [-0.2, -0.15) is 0 Å². The molecule has 0 aliphatic carbocycles. The van der Waals surface area contributed by atoms with Gasteiger partial charge >= 0.3 is 0 Å². The van der Waals surface area contributed by atoms with Crippen LogP contribution in [0.25, 0.3) is 10.9 Å². The van der Waals surface area contributed by atoms with E-state index < -0.39 is 0 Å². The lowest BCUT2D eigenvalue weighted by molar-refractivity contribution is 1.18. The van der Waals surface area contributed by atoms with Gasteiger partial charge in [-0.15, -0.1) is 0 Å². The summed E-state index contributed by atoms with van der Waals surface area (Å²) in [6, 6.07) is 0. The SMILES string of the molecule is CNc1c(=O)[nH]cc2cncnc12. The van der Waals surface area contributed by atoms with Crippen molar-refractivity contribution in [2.45, 2.75) is 0 Å². The molecule has 2 aromatic heterocycles. The molecule has 0 saturated carbocycles. The first-order chi connectivity index (χ1) is 6.33. The van der Waals surface area contributed by atoms with E-state index in [2.05, 4.69) is 20.3 Å². The first-order valence-electron chi connectivity index (χ1n) is 3.82. The average molecular weight is 176 g/mol. The Morgan fingerprint density at radius 2 is 2.38 bits per heavy atom. The molecule has 13 heavy (non-hydrogen) atoms. The number of rotatable bonds is 1. The molecule has 0 atom stereocenters. The monoisotopic (exact) mass is 176 g/mol. The molecule has 5 heteroatoms. The van der Waals surface area contributed by atoms with Crippen LogP contribution in [0.5, 0.6) is 0 Å². The summed E-state index contributed by atoms with van der Waals surface area (Å²) in [5, 5.41) is 3.62. The fourth-order valence-corrected chi connectivity index (χ4v) is 1.21. The smallest absolute Gasteiger partial charge is 0.273 e. The highest BCUT2D eigenvalue weighted by atomic mass is 16.1. The lowest BCUT2D eigenvalue weighted by Crippen LogP contribution is -2.11. The Kier molecular flexibility index (Phi) is 1.70. The number of anilines is 1. The van der Waals surface area contributed by atoms with Crippen molar-refractivity contribution >= 4 is 16.6 Å². The predicted molar refractivity (Wildman–Crippen MR) is 49.7 cm³/mol. The minimum Gasteiger partial charge on any atom is -0.382 e. The van der Waals surface area contributed by atoms with Crippen molar-refractivity contribution in [1.82, 2.24) is 15.0 Å². The van der Waals surface area contributed by atoms with E-state index in [9.17, 15) is 4.79 Å². The van der Waals surface area contributed by atoms with Crippen LogP contribution in [0.3, 0.4) is 0 Å². The van der Waals surface area contributed by atoms with Gasteiger partial charge in [-0.3, -0.25) is 4.79 Å². The lowest BCUT2D eigenvalue weighted by atomic mass is 10.3. The van der Waals surface area contributed by atoms with Crippen molar-refractivity contribution < 1.29 is 0 Å². The number of nitrogens with one attached hydrogen (secondary N) is 2. The minimum absolute atomic E-state index is 0.172. The average Bonchev–Trinajstić information content (AvgIpc) is 2.18. The molecule has 0 bridgehead atoms. The molecule has 2 N–H and O–H groups in total. The molecule has 2 aromatic rings. The molecule has 0 aliphatic rings. The second kappa shape index (κ2) is 2.85. The van der Waals surface area contributed by atoms with Crippen LogP contribution in [0, 0.1) is 0 Å². The molecule has 0 fully saturated rings. The molecule has 5 nitrogen and oxygen atoms in total. The van der Waals surface area contributed by atoms with Gasteiger partial charge in [-0.25, -0.2) is 9.97 Å². The van der Waals surface area contributed by atoms with E-state index in [-0.39, 0.29) is 5.56 Å². The molecular formula is C8H8N4O. The summed E-state index contributed by atoms with van der Waals surface area (Å²) in [7, 11) is 1.69. The Morgan fingerprint density at radius 1 is 1.54 bits per heavy atom. The van der Waals surface area contributed by atoms with Crippen LogP contribution in [0.2, 0.25) is 0 Å². The zero-order valence-electron chi connectivity index (χ0n) is 7.03. The van der Waals surface area contributed by atoms with Crippen LogP contribution in [0.4, 0.5) is 5.69 Å². The molecule has 0 unspecified atom stereocenters. The van der Waals surface area contributed by atoms with Crippen LogP contribution in [0.1, 0.15) is 0 Å². The zero-order valence-corrected chi connectivity index (χ0v) is 7.03. The van der Waals surface area contributed by atoms with Crippen molar-refractivity contribution in [2.75, 3.05) is 12.4 Å². The number of aromatic nitrogens is 3. The van der Waals surface area contributed by atoms with Crippen molar-refractivity contribution in [3.8, 4) is 0 Å². The third kappa shape index (κ3) is 1.14. The number of aromatic amines is 1. The van der Waals surface area contributed by atoms with Crippen LogP contribution >= 0.6 is 0 Å². The molecule has 0 spiro atoms. The Balaban J connectivity index is 2.92. The summed E-state index contributed by atoms with van der Waals surface area (Å²) in [5.74, 6) is 0. The summed E-state index contributed by atoms with van der Waals surface area (Å²) >= 11 is 0. The van der Waals surface area contributed by atoms with Gasteiger partial charge in [-0.05, 0) is 0 Å². The van der Waals surface area contributed by atoms with Gasteiger partial charge in [0.05, 0.1) is 0 Å². The second-order valence-corrected chi connectivity index (χ2v) is 2.57. The van der Waals surface area contributed by atoms with E-state index in [0.717, 1.165) is 5.39 Å². The molecule has 0 amide bonds. The third-order valence-corrected chi connectivity index (χ3v) is 1.81. The number of hydrogen-bond donors (Lipinski definition) is 2. The first kappa shape index (κ1) is 7.72. The van der Waals surface area contributed by atoms with E-state index in [1.54, 1.807) is 19.4 Å². The first-order valence-corrected chi connectivity index (χ1v) is 3.82. The van der Waals surface area contributed by atoms with Crippen molar-refractivity contribution in [3.63, 3.8) is 0 Å². The Morgan fingerprint density at radius 3 is 3.15 bits per heavy atom.